The Kier molecular flexibility index (Phi) is 12.2. The molecule has 1 aromatic heterocycles. The molecule has 0 aliphatic carbocycles. The highest BCUT2D eigenvalue weighted by atomic mass is 127. The van der Waals surface area contributed by atoms with Crippen LogP contribution in [-0.4, -0.2) is 65.6 Å². The minimum absolute atomic E-state index is 0. The number of amides is 1. The number of nitrogens with one attached hydrogen (secondary N) is 2. The first-order valence-electron chi connectivity index (χ1n) is 9.90. The first-order chi connectivity index (χ1) is 13.0. The highest BCUT2D eigenvalue weighted by molar-refractivity contribution is 14.0. The summed E-state index contributed by atoms with van der Waals surface area (Å²) in [6.45, 7) is 11.4. The van der Waals surface area contributed by atoms with Crippen LogP contribution in [0.15, 0.2) is 17.4 Å². The van der Waals surface area contributed by atoms with Crippen molar-refractivity contribution in [1.82, 2.24) is 25.3 Å². The average Bonchev–Trinajstić information content (AvgIpc) is 2.98. The number of halogens is 1. The maximum absolute atomic E-state index is 12.1. The zero-order valence-corrected chi connectivity index (χ0v) is 21.5. The standard InChI is InChI=1S/C20H38N6O2.HI/c1-15(2)17(24-19(27)28-20(3,4)5)10-12-25(7)18(21-6)22-11-9-16-13-23-26(8)14-16;/h13-15,17H,9-12H2,1-8H3,(H,21,22)(H,24,27);1H. The fourth-order valence-corrected chi connectivity index (χ4v) is 2.77. The summed E-state index contributed by atoms with van der Waals surface area (Å²) in [5.74, 6) is 1.14. The van der Waals surface area contributed by atoms with Crippen molar-refractivity contribution in [3.63, 3.8) is 0 Å². The Labute approximate surface area is 192 Å². The number of nitrogens with zero attached hydrogens (tertiary/aromatic N) is 4. The number of aliphatic imine (C=N–C) groups is 1. The third-order valence-electron chi connectivity index (χ3n) is 4.31. The Morgan fingerprint density at radius 2 is 2.03 bits per heavy atom. The highest BCUT2D eigenvalue weighted by Crippen LogP contribution is 2.11. The monoisotopic (exact) mass is 522 g/mol. The number of hydrogen-bond acceptors (Lipinski definition) is 4. The second-order valence-electron chi connectivity index (χ2n) is 8.45. The SMILES string of the molecule is CN=C(NCCc1cnn(C)c1)N(C)CCC(NC(=O)OC(C)(C)C)C(C)C.I. The van der Waals surface area contributed by atoms with Crippen molar-refractivity contribution in [2.75, 3.05) is 27.2 Å². The molecule has 0 saturated carbocycles. The number of hydrogen-bond donors (Lipinski definition) is 2. The van der Waals surface area contributed by atoms with Crippen LogP contribution in [0.1, 0.15) is 46.6 Å². The topological polar surface area (TPSA) is 83.8 Å². The fourth-order valence-electron chi connectivity index (χ4n) is 2.77. The molecule has 29 heavy (non-hydrogen) atoms. The number of rotatable bonds is 8. The molecule has 9 heteroatoms. The van der Waals surface area contributed by atoms with Crippen LogP contribution in [0.4, 0.5) is 4.79 Å². The van der Waals surface area contributed by atoms with E-state index in [1.54, 1.807) is 11.7 Å². The van der Waals surface area contributed by atoms with Crippen LogP contribution in [0.25, 0.3) is 0 Å². The van der Waals surface area contributed by atoms with E-state index in [2.05, 4.69) is 39.5 Å². The van der Waals surface area contributed by atoms with Gasteiger partial charge in [0.25, 0.3) is 0 Å². The van der Waals surface area contributed by atoms with Crippen LogP contribution in [0.2, 0.25) is 0 Å². The smallest absolute Gasteiger partial charge is 0.407 e. The third-order valence-corrected chi connectivity index (χ3v) is 4.31. The molecule has 2 N–H and O–H groups in total. The summed E-state index contributed by atoms with van der Waals surface area (Å²) in [7, 11) is 5.70. The summed E-state index contributed by atoms with van der Waals surface area (Å²) in [5, 5.41) is 10.6. The normalized spacial score (nSPS) is 12.9. The van der Waals surface area contributed by atoms with Gasteiger partial charge in [-0.2, -0.15) is 5.10 Å². The predicted molar refractivity (Wildman–Crippen MR) is 129 cm³/mol. The summed E-state index contributed by atoms with van der Waals surface area (Å²) in [6.07, 6.45) is 5.22. The molecule has 0 aliphatic heterocycles. The average molecular weight is 522 g/mol. The van der Waals surface area contributed by atoms with E-state index in [1.165, 1.54) is 5.56 Å². The molecule has 0 saturated heterocycles. The van der Waals surface area contributed by atoms with Crippen LogP contribution in [0.3, 0.4) is 0 Å². The lowest BCUT2D eigenvalue weighted by Gasteiger charge is -2.28. The zero-order valence-electron chi connectivity index (χ0n) is 19.2. The maximum atomic E-state index is 12.1. The van der Waals surface area contributed by atoms with E-state index in [-0.39, 0.29) is 36.1 Å². The Morgan fingerprint density at radius 1 is 1.38 bits per heavy atom. The van der Waals surface area contributed by atoms with Gasteiger partial charge >= 0.3 is 6.09 Å². The molecule has 1 heterocycles. The molecule has 0 bridgehead atoms. The Morgan fingerprint density at radius 3 is 2.52 bits per heavy atom. The van der Waals surface area contributed by atoms with Gasteiger partial charge in [-0.25, -0.2) is 4.79 Å². The van der Waals surface area contributed by atoms with Crippen molar-refractivity contribution >= 4 is 36.0 Å². The van der Waals surface area contributed by atoms with Crippen molar-refractivity contribution in [2.24, 2.45) is 18.0 Å². The van der Waals surface area contributed by atoms with Crippen LogP contribution < -0.4 is 10.6 Å². The van der Waals surface area contributed by atoms with Gasteiger partial charge in [-0.3, -0.25) is 9.67 Å². The number of aryl methyl sites for hydroxylation is 1. The summed E-state index contributed by atoms with van der Waals surface area (Å²) in [4.78, 5) is 18.5. The first kappa shape index (κ1) is 27.5. The number of carbonyl (C=O) groups excluding carboxylic acids is 1. The van der Waals surface area contributed by atoms with Crippen LogP contribution >= 0.6 is 24.0 Å². The van der Waals surface area contributed by atoms with Crippen LogP contribution in [-0.2, 0) is 18.2 Å². The summed E-state index contributed by atoms with van der Waals surface area (Å²) < 4.78 is 7.19. The van der Waals surface area contributed by atoms with Gasteiger partial charge in [0.15, 0.2) is 5.96 Å². The van der Waals surface area contributed by atoms with Crippen LogP contribution in [0, 0.1) is 5.92 Å². The van der Waals surface area contributed by atoms with Gasteiger partial charge in [0.2, 0.25) is 0 Å². The largest absolute Gasteiger partial charge is 0.444 e. The molecule has 0 spiro atoms. The van der Waals surface area contributed by atoms with E-state index in [9.17, 15) is 4.79 Å². The van der Waals surface area contributed by atoms with E-state index >= 15 is 0 Å². The second-order valence-corrected chi connectivity index (χ2v) is 8.45. The van der Waals surface area contributed by atoms with Crippen LogP contribution in [0.5, 0.6) is 0 Å². The molecule has 1 unspecified atom stereocenters. The lowest BCUT2D eigenvalue weighted by molar-refractivity contribution is 0.0486. The zero-order chi connectivity index (χ0) is 21.3. The number of alkyl carbamates (subject to hydrolysis) is 1. The van der Waals surface area contributed by atoms with Gasteiger partial charge in [-0.15, -0.1) is 24.0 Å². The van der Waals surface area contributed by atoms with Gasteiger partial charge in [-0.1, -0.05) is 13.8 Å². The number of guanidine groups is 1. The molecule has 0 fully saturated rings. The van der Waals surface area contributed by atoms with E-state index in [4.69, 9.17) is 4.74 Å². The number of aromatic nitrogens is 2. The Bertz CT molecular complexity index is 639. The minimum Gasteiger partial charge on any atom is -0.444 e. The highest BCUT2D eigenvalue weighted by Gasteiger charge is 2.22. The quantitative estimate of drug-likeness (QED) is 0.312. The lowest BCUT2D eigenvalue weighted by Crippen LogP contribution is -2.45. The molecule has 0 aliphatic rings. The van der Waals surface area contributed by atoms with Gasteiger partial charge in [0.1, 0.15) is 5.60 Å². The van der Waals surface area contributed by atoms with Crippen molar-refractivity contribution in [3.05, 3.63) is 18.0 Å². The first-order valence-corrected chi connectivity index (χ1v) is 9.90. The number of ether oxygens (including phenoxy) is 1. The third kappa shape index (κ3) is 11.3. The Hall–Kier alpha value is -1.52. The summed E-state index contributed by atoms with van der Waals surface area (Å²) >= 11 is 0. The fraction of sp³-hybridized carbons (Fsp3) is 0.750. The molecule has 1 atom stereocenters. The van der Waals surface area contributed by atoms with Crippen molar-refractivity contribution in [1.29, 1.82) is 0 Å². The van der Waals surface area contributed by atoms with Crippen molar-refractivity contribution < 1.29 is 9.53 Å². The van der Waals surface area contributed by atoms with Crippen molar-refractivity contribution in [3.8, 4) is 0 Å². The minimum atomic E-state index is -0.497. The van der Waals surface area contributed by atoms with E-state index in [0.29, 0.717) is 5.92 Å². The molecule has 1 aromatic rings. The predicted octanol–water partition coefficient (Wildman–Crippen LogP) is 3.03. The second kappa shape index (κ2) is 12.9. The van der Waals surface area contributed by atoms with E-state index in [1.807, 2.05) is 47.3 Å². The maximum Gasteiger partial charge on any atom is 0.407 e. The molecular formula is C20H39IN6O2. The summed E-state index contributed by atoms with van der Waals surface area (Å²) in [6, 6.07) is 0.0331. The molecule has 1 rings (SSSR count). The molecule has 1 amide bonds. The van der Waals surface area contributed by atoms with Crippen molar-refractivity contribution in [2.45, 2.75) is 59.1 Å². The van der Waals surface area contributed by atoms with Gasteiger partial charge in [0, 0.05) is 46.5 Å². The lowest BCUT2D eigenvalue weighted by atomic mass is 10.0. The molecular weight excluding hydrogens is 483 g/mol. The Balaban J connectivity index is 0.00000784. The molecule has 0 radical (unpaired) electrons. The van der Waals surface area contributed by atoms with Gasteiger partial charge in [-0.05, 0) is 45.1 Å². The van der Waals surface area contributed by atoms with Gasteiger partial charge < -0.3 is 20.3 Å². The molecule has 168 valence electrons. The molecule has 8 nitrogen and oxygen atoms in total. The number of carbonyl (C=O) groups is 1. The van der Waals surface area contributed by atoms with E-state index < -0.39 is 5.60 Å². The van der Waals surface area contributed by atoms with Gasteiger partial charge in [0.05, 0.1) is 6.20 Å². The van der Waals surface area contributed by atoms with E-state index in [0.717, 1.165) is 31.9 Å². The molecule has 0 aromatic carbocycles. The summed E-state index contributed by atoms with van der Waals surface area (Å²) in [5.41, 5.74) is 0.692.